The van der Waals surface area contributed by atoms with Gasteiger partial charge in [-0.25, -0.2) is 4.79 Å². The Morgan fingerprint density at radius 2 is 1.79 bits per heavy atom. The fraction of sp³-hybridized carbons (Fsp3) is 0.800. The number of ether oxygens (including phenoxy) is 3. The minimum atomic E-state index is -0.947. The number of nitrogens with zero attached hydrogens (tertiary/aromatic N) is 2. The predicted molar refractivity (Wildman–Crippen MR) is 205 cm³/mol. The SMILES string of the molecule is CCC(C)C(C(CC(O)N1CCCC1C(OC)C(C)C(=O)NC(CC1=CCCC=C1)C(=O)OC)OC)N(C)C(=O)C(NC(=O)C1(C)CCCN1)C(C)C. The van der Waals surface area contributed by atoms with Gasteiger partial charge in [0.2, 0.25) is 17.7 Å². The number of amides is 3. The molecule has 10 atom stereocenters. The van der Waals surface area contributed by atoms with E-state index in [1.165, 1.54) is 7.11 Å². The number of rotatable bonds is 20. The lowest BCUT2D eigenvalue weighted by Gasteiger charge is -2.42. The van der Waals surface area contributed by atoms with Crippen molar-refractivity contribution < 1.29 is 38.5 Å². The maximum absolute atomic E-state index is 14.2. The first-order chi connectivity index (χ1) is 25.1. The highest BCUT2D eigenvalue weighted by molar-refractivity contribution is 5.92. The molecule has 3 amide bonds. The Labute approximate surface area is 318 Å². The minimum absolute atomic E-state index is 0.0195. The second-order valence-corrected chi connectivity index (χ2v) is 15.9. The first-order valence-electron chi connectivity index (χ1n) is 19.7. The lowest BCUT2D eigenvalue weighted by atomic mass is 9.89. The monoisotopic (exact) mass is 748 g/mol. The zero-order chi connectivity index (χ0) is 39.5. The van der Waals surface area contributed by atoms with Gasteiger partial charge < -0.3 is 40.2 Å². The second kappa shape index (κ2) is 20.7. The number of allylic oxidation sites excluding steroid dienone is 3. The van der Waals surface area contributed by atoms with Crippen LogP contribution in [0, 0.1) is 17.8 Å². The summed E-state index contributed by atoms with van der Waals surface area (Å²) in [7, 11) is 6.24. The van der Waals surface area contributed by atoms with Crippen LogP contribution in [0.4, 0.5) is 0 Å². The van der Waals surface area contributed by atoms with Crippen LogP contribution in [0.5, 0.6) is 0 Å². The normalized spacial score (nSPS) is 25.1. The van der Waals surface area contributed by atoms with Gasteiger partial charge in [0.1, 0.15) is 18.3 Å². The molecule has 0 aromatic carbocycles. The van der Waals surface area contributed by atoms with E-state index in [9.17, 15) is 24.3 Å². The standard InChI is InChI=1S/C40H69N5O8/c1-11-26(4)34(44(7)37(48)33(25(2)3)43-39(50)40(6)20-16-21-41-40)31(51-8)24-32(46)45-22-15-19-30(45)35(52-9)27(5)36(47)42-29(38(49)53-10)23-28-17-13-12-14-18-28/h13,17-18,25-27,29-35,41,46H,11-12,14-16,19-24H2,1-10H3,(H,42,47)(H,43,50). The quantitative estimate of drug-likeness (QED) is 0.136. The summed E-state index contributed by atoms with van der Waals surface area (Å²) >= 11 is 0. The van der Waals surface area contributed by atoms with Gasteiger partial charge in [-0.2, -0.15) is 0 Å². The number of likely N-dealkylation sites (tertiary alicyclic amines) is 1. The molecule has 0 aromatic rings. The molecule has 2 heterocycles. The first-order valence-corrected chi connectivity index (χ1v) is 19.7. The maximum Gasteiger partial charge on any atom is 0.328 e. The Hall–Kier alpha value is -2.84. The van der Waals surface area contributed by atoms with E-state index in [-0.39, 0.29) is 48.1 Å². The summed E-state index contributed by atoms with van der Waals surface area (Å²) in [5, 5.41) is 21.1. The first kappa shape index (κ1) is 44.6. The number of aliphatic hydroxyl groups is 1. The summed E-state index contributed by atoms with van der Waals surface area (Å²) in [6, 6.07) is -2.23. The summed E-state index contributed by atoms with van der Waals surface area (Å²) < 4.78 is 17.1. The Balaban J connectivity index is 1.76. The number of likely N-dealkylation sites (N-methyl/N-ethyl adjacent to an activating group) is 1. The average Bonchev–Trinajstić information content (AvgIpc) is 3.83. The van der Waals surface area contributed by atoms with Crippen LogP contribution in [0.3, 0.4) is 0 Å². The van der Waals surface area contributed by atoms with E-state index in [1.807, 2.05) is 31.7 Å². The number of aliphatic hydroxyl groups excluding tert-OH is 1. The Morgan fingerprint density at radius 1 is 1.08 bits per heavy atom. The van der Waals surface area contributed by atoms with Gasteiger partial charge in [0.05, 0.1) is 36.8 Å². The number of esters is 1. The number of hydrogen-bond donors (Lipinski definition) is 4. The van der Waals surface area contributed by atoms with Crippen LogP contribution in [-0.2, 0) is 33.4 Å². The molecule has 13 heteroatoms. The molecule has 53 heavy (non-hydrogen) atoms. The van der Waals surface area contributed by atoms with Crippen molar-refractivity contribution >= 4 is 23.7 Å². The minimum Gasteiger partial charge on any atom is -0.467 e. The number of carbonyl (C=O) groups excluding carboxylic acids is 4. The highest BCUT2D eigenvalue weighted by Crippen LogP contribution is 2.31. The summed E-state index contributed by atoms with van der Waals surface area (Å²) in [5.41, 5.74) is 0.267. The third-order valence-electron chi connectivity index (χ3n) is 11.8. The van der Waals surface area contributed by atoms with Crippen molar-refractivity contribution in [2.24, 2.45) is 17.8 Å². The van der Waals surface area contributed by atoms with Gasteiger partial charge in [-0.05, 0) is 69.4 Å². The number of nitrogens with one attached hydrogen (secondary N) is 3. The molecule has 0 bridgehead atoms. The largest absolute Gasteiger partial charge is 0.467 e. The Bertz CT molecular complexity index is 1280. The smallest absolute Gasteiger partial charge is 0.328 e. The average molecular weight is 748 g/mol. The predicted octanol–water partition coefficient (Wildman–Crippen LogP) is 3.31. The molecule has 4 N–H and O–H groups in total. The van der Waals surface area contributed by atoms with Crippen LogP contribution in [0.25, 0.3) is 0 Å². The zero-order valence-electron chi connectivity index (χ0n) is 34.0. The molecular formula is C40H69N5O8. The molecule has 3 rings (SSSR count). The molecule has 13 nitrogen and oxygen atoms in total. The maximum atomic E-state index is 14.2. The lowest BCUT2D eigenvalue weighted by molar-refractivity contribution is -0.148. The van der Waals surface area contributed by atoms with E-state index >= 15 is 0 Å². The van der Waals surface area contributed by atoms with E-state index in [0.717, 1.165) is 44.2 Å². The third kappa shape index (κ3) is 11.3. The Morgan fingerprint density at radius 3 is 2.34 bits per heavy atom. The molecule has 1 aliphatic carbocycles. The summed E-state index contributed by atoms with van der Waals surface area (Å²) in [6.07, 6.45) is 10.3. The van der Waals surface area contributed by atoms with Gasteiger partial charge in [-0.3, -0.25) is 19.3 Å². The molecule has 0 aromatic heterocycles. The molecule has 302 valence electrons. The van der Waals surface area contributed by atoms with Crippen LogP contribution in [0.2, 0.25) is 0 Å². The molecule has 0 saturated carbocycles. The molecule has 0 spiro atoms. The Kier molecular flexibility index (Phi) is 17.4. The zero-order valence-corrected chi connectivity index (χ0v) is 34.0. The molecular weight excluding hydrogens is 678 g/mol. The third-order valence-corrected chi connectivity index (χ3v) is 11.8. The van der Waals surface area contributed by atoms with Crippen LogP contribution < -0.4 is 16.0 Å². The van der Waals surface area contributed by atoms with Gasteiger partial charge >= 0.3 is 5.97 Å². The van der Waals surface area contributed by atoms with Crippen molar-refractivity contribution in [3.63, 3.8) is 0 Å². The van der Waals surface area contributed by atoms with Crippen LogP contribution in [0.1, 0.15) is 99.3 Å². The van der Waals surface area contributed by atoms with Gasteiger partial charge in [-0.15, -0.1) is 0 Å². The number of hydrogen-bond acceptors (Lipinski definition) is 10. The van der Waals surface area contributed by atoms with Crippen molar-refractivity contribution in [2.45, 2.75) is 147 Å². The summed E-state index contributed by atoms with van der Waals surface area (Å²) in [6.45, 7) is 13.0. The topological polar surface area (TPSA) is 159 Å². The molecule has 10 unspecified atom stereocenters. The fourth-order valence-electron chi connectivity index (χ4n) is 8.30. The lowest BCUT2D eigenvalue weighted by Crippen LogP contribution is -2.61. The van der Waals surface area contributed by atoms with Gasteiger partial charge in [0.25, 0.3) is 0 Å². The fourth-order valence-corrected chi connectivity index (χ4v) is 8.30. The highest BCUT2D eigenvalue weighted by atomic mass is 16.5. The van der Waals surface area contributed by atoms with Crippen molar-refractivity contribution in [3.05, 3.63) is 23.8 Å². The molecule has 0 radical (unpaired) electrons. The molecule has 2 aliphatic heterocycles. The van der Waals surface area contributed by atoms with E-state index in [4.69, 9.17) is 14.2 Å². The summed E-state index contributed by atoms with van der Waals surface area (Å²) in [5.74, 6) is -1.98. The van der Waals surface area contributed by atoms with Crippen molar-refractivity contribution in [3.8, 4) is 0 Å². The number of methoxy groups -OCH3 is 3. The van der Waals surface area contributed by atoms with Crippen molar-refractivity contribution in [1.29, 1.82) is 0 Å². The van der Waals surface area contributed by atoms with Gasteiger partial charge in [-0.1, -0.05) is 59.3 Å². The molecule has 2 fully saturated rings. The van der Waals surface area contributed by atoms with Crippen LogP contribution in [0.15, 0.2) is 23.8 Å². The van der Waals surface area contributed by atoms with Crippen LogP contribution in [-0.4, -0.2) is 128 Å². The van der Waals surface area contributed by atoms with Crippen LogP contribution >= 0.6 is 0 Å². The van der Waals surface area contributed by atoms with Gasteiger partial charge in [0.15, 0.2) is 0 Å². The van der Waals surface area contributed by atoms with E-state index in [1.54, 1.807) is 33.1 Å². The van der Waals surface area contributed by atoms with E-state index in [0.29, 0.717) is 25.8 Å². The van der Waals surface area contributed by atoms with Crippen molar-refractivity contribution in [1.82, 2.24) is 25.8 Å². The van der Waals surface area contributed by atoms with E-state index < -0.39 is 47.9 Å². The molecule has 3 aliphatic rings. The second-order valence-electron chi connectivity index (χ2n) is 15.9. The van der Waals surface area contributed by atoms with E-state index in [2.05, 4.69) is 41.9 Å². The summed E-state index contributed by atoms with van der Waals surface area (Å²) in [4.78, 5) is 57.6. The molecule has 2 saturated heterocycles. The van der Waals surface area contributed by atoms with Crippen molar-refractivity contribution in [2.75, 3.05) is 41.5 Å². The van der Waals surface area contributed by atoms with Gasteiger partial charge in [0, 0.05) is 46.7 Å². The highest BCUT2D eigenvalue weighted by Gasteiger charge is 2.44. The number of carbonyl (C=O) groups is 4.